The minimum atomic E-state index is -0.278. The third kappa shape index (κ3) is 4.46. The minimum Gasteiger partial charge on any atom is -0.347 e. The Labute approximate surface area is 153 Å². The predicted octanol–water partition coefficient (Wildman–Crippen LogP) is 1.71. The third-order valence-electron chi connectivity index (χ3n) is 4.57. The number of piperazine rings is 1. The fourth-order valence-electron chi connectivity index (χ4n) is 2.97. The molecule has 6 heteroatoms. The lowest BCUT2D eigenvalue weighted by atomic mass is 10.1. The minimum absolute atomic E-state index is 0.0479. The number of pyridine rings is 1. The summed E-state index contributed by atoms with van der Waals surface area (Å²) in [5.41, 5.74) is 2.94. The Morgan fingerprint density at radius 3 is 2.62 bits per heavy atom. The molecule has 1 aromatic carbocycles. The molecular formula is C20H24N4O2. The standard InChI is InChI=1S/C20H24N4O2/c1-15-4-3-5-16(12-15)14-22-19(25)18-13-17(6-7-21-18)20(26)24-10-8-23(2)9-11-24/h3-7,12-13H,8-11,14H2,1-2H3,(H,22,25). The molecule has 1 aromatic heterocycles. The van der Waals surface area contributed by atoms with Gasteiger partial charge in [-0.3, -0.25) is 14.6 Å². The normalized spacial score (nSPS) is 14.9. The number of benzene rings is 1. The summed E-state index contributed by atoms with van der Waals surface area (Å²) in [5.74, 6) is -0.326. The highest BCUT2D eigenvalue weighted by Crippen LogP contribution is 2.10. The summed E-state index contributed by atoms with van der Waals surface area (Å²) < 4.78 is 0. The Balaban J connectivity index is 1.64. The van der Waals surface area contributed by atoms with Crippen molar-refractivity contribution in [2.24, 2.45) is 0 Å². The van der Waals surface area contributed by atoms with E-state index in [0.717, 1.165) is 24.2 Å². The highest BCUT2D eigenvalue weighted by molar-refractivity contribution is 5.98. The van der Waals surface area contributed by atoms with Crippen molar-refractivity contribution in [2.45, 2.75) is 13.5 Å². The van der Waals surface area contributed by atoms with E-state index in [1.54, 1.807) is 12.1 Å². The summed E-state index contributed by atoms with van der Waals surface area (Å²) in [7, 11) is 2.05. The van der Waals surface area contributed by atoms with E-state index in [2.05, 4.69) is 15.2 Å². The van der Waals surface area contributed by atoms with Crippen molar-refractivity contribution >= 4 is 11.8 Å². The smallest absolute Gasteiger partial charge is 0.270 e. The van der Waals surface area contributed by atoms with Crippen molar-refractivity contribution in [1.82, 2.24) is 20.1 Å². The number of hydrogen-bond acceptors (Lipinski definition) is 4. The molecule has 6 nitrogen and oxygen atoms in total. The topological polar surface area (TPSA) is 65.5 Å². The Morgan fingerprint density at radius 2 is 1.88 bits per heavy atom. The van der Waals surface area contributed by atoms with Crippen LogP contribution >= 0.6 is 0 Å². The van der Waals surface area contributed by atoms with Gasteiger partial charge >= 0.3 is 0 Å². The van der Waals surface area contributed by atoms with Crippen molar-refractivity contribution in [1.29, 1.82) is 0 Å². The third-order valence-corrected chi connectivity index (χ3v) is 4.57. The van der Waals surface area contributed by atoms with Gasteiger partial charge in [0, 0.05) is 44.5 Å². The van der Waals surface area contributed by atoms with Crippen LogP contribution in [0.4, 0.5) is 0 Å². The molecule has 1 aliphatic heterocycles. The highest BCUT2D eigenvalue weighted by atomic mass is 16.2. The summed E-state index contributed by atoms with van der Waals surface area (Å²) in [6.07, 6.45) is 1.52. The quantitative estimate of drug-likeness (QED) is 0.910. The van der Waals surface area contributed by atoms with Crippen molar-refractivity contribution in [2.75, 3.05) is 33.2 Å². The van der Waals surface area contributed by atoms with Gasteiger partial charge in [0.25, 0.3) is 11.8 Å². The van der Waals surface area contributed by atoms with Crippen LogP contribution in [0.2, 0.25) is 0 Å². The molecule has 136 valence electrons. The number of amides is 2. The number of nitrogens with zero attached hydrogens (tertiary/aromatic N) is 3. The van der Waals surface area contributed by atoms with E-state index < -0.39 is 0 Å². The van der Waals surface area contributed by atoms with Gasteiger partial charge in [-0.05, 0) is 31.7 Å². The molecule has 0 bridgehead atoms. The van der Waals surface area contributed by atoms with Crippen LogP contribution in [-0.4, -0.2) is 59.8 Å². The van der Waals surface area contributed by atoms with Crippen molar-refractivity contribution < 1.29 is 9.59 Å². The van der Waals surface area contributed by atoms with Crippen LogP contribution in [0.25, 0.3) is 0 Å². The van der Waals surface area contributed by atoms with E-state index in [0.29, 0.717) is 25.2 Å². The van der Waals surface area contributed by atoms with Gasteiger partial charge in [-0.1, -0.05) is 29.8 Å². The molecule has 2 heterocycles. The van der Waals surface area contributed by atoms with Crippen LogP contribution in [0.1, 0.15) is 32.0 Å². The molecule has 0 atom stereocenters. The number of nitrogens with one attached hydrogen (secondary N) is 1. The number of rotatable bonds is 4. The fraction of sp³-hybridized carbons (Fsp3) is 0.350. The van der Waals surface area contributed by atoms with Crippen molar-refractivity contribution in [3.8, 4) is 0 Å². The number of likely N-dealkylation sites (N-methyl/N-ethyl adjacent to an activating group) is 1. The molecule has 1 saturated heterocycles. The van der Waals surface area contributed by atoms with E-state index in [4.69, 9.17) is 0 Å². The van der Waals surface area contributed by atoms with E-state index in [1.165, 1.54) is 6.20 Å². The fourth-order valence-corrected chi connectivity index (χ4v) is 2.97. The second-order valence-corrected chi connectivity index (χ2v) is 6.70. The molecule has 0 spiro atoms. The summed E-state index contributed by atoms with van der Waals surface area (Å²) in [5, 5.41) is 2.86. The zero-order valence-corrected chi connectivity index (χ0v) is 15.2. The maximum absolute atomic E-state index is 12.6. The number of hydrogen-bond donors (Lipinski definition) is 1. The Morgan fingerprint density at radius 1 is 1.12 bits per heavy atom. The van der Waals surface area contributed by atoms with E-state index in [1.807, 2.05) is 43.1 Å². The Bertz CT molecular complexity index is 798. The summed E-state index contributed by atoms with van der Waals surface area (Å²) in [4.78, 5) is 33.2. The second kappa shape index (κ2) is 8.10. The van der Waals surface area contributed by atoms with E-state index in [9.17, 15) is 9.59 Å². The van der Waals surface area contributed by atoms with Gasteiger partial charge in [0.05, 0.1) is 0 Å². The maximum Gasteiger partial charge on any atom is 0.270 e. The molecule has 3 rings (SSSR count). The van der Waals surface area contributed by atoms with Gasteiger partial charge in [-0.2, -0.15) is 0 Å². The van der Waals surface area contributed by atoms with Gasteiger partial charge in [0.2, 0.25) is 0 Å². The monoisotopic (exact) mass is 352 g/mol. The average molecular weight is 352 g/mol. The summed E-state index contributed by atoms with van der Waals surface area (Å²) in [6.45, 7) is 5.57. The molecule has 2 amide bonds. The van der Waals surface area contributed by atoms with E-state index >= 15 is 0 Å². The molecule has 0 aliphatic carbocycles. The van der Waals surface area contributed by atoms with Gasteiger partial charge in [-0.15, -0.1) is 0 Å². The zero-order chi connectivity index (χ0) is 18.5. The Hall–Kier alpha value is -2.73. The van der Waals surface area contributed by atoms with Gasteiger partial charge in [0.1, 0.15) is 5.69 Å². The first-order valence-corrected chi connectivity index (χ1v) is 8.80. The van der Waals surface area contributed by atoms with Crippen LogP contribution in [0.5, 0.6) is 0 Å². The van der Waals surface area contributed by atoms with Gasteiger partial charge < -0.3 is 15.1 Å². The molecular weight excluding hydrogens is 328 g/mol. The van der Waals surface area contributed by atoms with Crippen molar-refractivity contribution in [3.05, 3.63) is 65.0 Å². The molecule has 1 N–H and O–H groups in total. The molecule has 1 fully saturated rings. The molecule has 0 saturated carbocycles. The summed E-state index contributed by atoms with van der Waals surface area (Å²) in [6, 6.07) is 11.2. The largest absolute Gasteiger partial charge is 0.347 e. The first-order chi connectivity index (χ1) is 12.5. The van der Waals surface area contributed by atoms with Crippen LogP contribution < -0.4 is 5.32 Å². The van der Waals surface area contributed by atoms with Crippen LogP contribution in [0.3, 0.4) is 0 Å². The number of aryl methyl sites for hydroxylation is 1. The lowest BCUT2D eigenvalue weighted by molar-refractivity contribution is 0.0664. The van der Waals surface area contributed by atoms with E-state index in [-0.39, 0.29) is 17.5 Å². The SMILES string of the molecule is Cc1cccc(CNC(=O)c2cc(C(=O)N3CCN(C)CC3)ccn2)c1. The van der Waals surface area contributed by atoms with Crippen molar-refractivity contribution in [3.63, 3.8) is 0 Å². The number of carbonyl (C=O) groups excluding carboxylic acids is 2. The van der Waals surface area contributed by atoms with Crippen LogP contribution in [0.15, 0.2) is 42.6 Å². The van der Waals surface area contributed by atoms with Gasteiger partial charge in [-0.25, -0.2) is 0 Å². The lowest BCUT2D eigenvalue weighted by Crippen LogP contribution is -2.47. The molecule has 26 heavy (non-hydrogen) atoms. The number of carbonyl (C=O) groups is 2. The lowest BCUT2D eigenvalue weighted by Gasteiger charge is -2.32. The first kappa shape index (κ1) is 18.1. The van der Waals surface area contributed by atoms with Crippen LogP contribution in [-0.2, 0) is 6.54 Å². The van der Waals surface area contributed by atoms with Crippen LogP contribution in [0, 0.1) is 6.92 Å². The number of aromatic nitrogens is 1. The van der Waals surface area contributed by atoms with Gasteiger partial charge in [0.15, 0.2) is 0 Å². The highest BCUT2D eigenvalue weighted by Gasteiger charge is 2.21. The second-order valence-electron chi connectivity index (χ2n) is 6.70. The average Bonchev–Trinajstić information content (AvgIpc) is 2.66. The summed E-state index contributed by atoms with van der Waals surface area (Å²) >= 11 is 0. The maximum atomic E-state index is 12.6. The zero-order valence-electron chi connectivity index (χ0n) is 15.2. The molecule has 2 aromatic rings. The Kier molecular flexibility index (Phi) is 5.63. The molecule has 1 aliphatic rings. The first-order valence-electron chi connectivity index (χ1n) is 8.80. The molecule has 0 radical (unpaired) electrons. The molecule has 0 unspecified atom stereocenters. The predicted molar refractivity (Wildman–Crippen MR) is 100.0 cm³/mol.